The molecule has 2 N–H and O–H groups in total. The van der Waals surface area contributed by atoms with Crippen LogP contribution in [-0.2, 0) is 19.4 Å². The Bertz CT molecular complexity index is 322. The molecule has 0 atom stereocenters. The van der Waals surface area contributed by atoms with Gasteiger partial charge in [-0.05, 0) is 32.9 Å². The van der Waals surface area contributed by atoms with Crippen LogP contribution in [-0.4, -0.2) is 60.7 Å². The van der Waals surface area contributed by atoms with Crippen LogP contribution in [0.1, 0.15) is 86.5 Å². The van der Waals surface area contributed by atoms with E-state index < -0.39 is 9.84 Å². The minimum atomic E-state index is -2.67. The highest BCUT2D eigenvalue weighted by molar-refractivity contribution is 7.90. The molecule has 1 amide bonds. The van der Waals surface area contributed by atoms with Gasteiger partial charge in [0, 0.05) is 39.2 Å². The molecule has 0 aliphatic carbocycles. The molecule has 28 heavy (non-hydrogen) atoms. The van der Waals surface area contributed by atoms with Gasteiger partial charge in [-0.25, -0.2) is 8.42 Å². The number of carbonyl (C=O) groups excluding carboxylic acids is 1. The van der Waals surface area contributed by atoms with Gasteiger partial charge in [0.2, 0.25) is 5.91 Å². The molecular weight excluding hydrogens is 376 g/mol. The fraction of sp³-hybridized carbons (Fsp3) is 0.952. The largest absolute Gasteiger partial charge is 0.385 e. The first-order valence-corrected chi connectivity index (χ1v) is 12.7. The highest BCUT2D eigenvalue weighted by Gasteiger charge is 1.95. The van der Waals surface area contributed by atoms with Crippen molar-refractivity contribution in [2.24, 2.45) is 0 Å². The Morgan fingerprint density at radius 3 is 1.36 bits per heavy atom. The Morgan fingerprint density at radius 2 is 1.36 bits per heavy atom. The number of amides is 1. The van der Waals surface area contributed by atoms with E-state index in [9.17, 15) is 13.2 Å². The van der Waals surface area contributed by atoms with Crippen LogP contribution in [0.25, 0.3) is 0 Å². The van der Waals surface area contributed by atoms with Crippen LogP contribution in [0.2, 0.25) is 0 Å². The Morgan fingerprint density at radius 1 is 0.857 bits per heavy atom. The van der Waals surface area contributed by atoms with E-state index in [1.54, 1.807) is 14.2 Å². The normalized spacial score (nSPS) is 9.07. The lowest BCUT2D eigenvalue weighted by Crippen LogP contribution is -2.15. The maximum Gasteiger partial charge on any atom is 0.219 e. The molecule has 0 aromatic carbocycles. The highest BCUT2D eigenvalue weighted by atomic mass is 32.2. The Hall–Kier alpha value is -0.660. The average molecular weight is 429 g/mol. The lowest BCUT2D eigenvalue weighted by atomic mass is 10.3. The molecule has 0 heterocycles. The van der Waals surface area contributed by atoms with Crippen molar-refractivity contribution in [3.63, 3.8) is 0 Å². The number of nitrogens with one attached hydrogen (secondary N) is 2. The first-order valence-electron chi connectivity index (χ1n) is 10.6. The van der Waals surface area contributed by atoms with Crippen LogP contribution in [0.4, 0.5) is 0 Å². The summed E-state index contributed by atoms with van der Waals surface area (Å²) in [6.45, 7) is 14.4. The predicted molar refractivity (Wildman–Crippen MR) is 126 cm³/mol. The summed E-state index contributed by atoms with van der Waals surface area (Å²) < 4.78 is 25.2. The SMILES string of the molecule is CCC(=O)NC.CCCCC.CCCNC.CCCOC.CCCS(C)(=O)=O. The van der Waals surface area contributed by atoms with Gasteiger partial charge in [0.15, 0.2) is 0 Å². The molecule has 0 aliphatic rings. The predicted octanol–water partition coefficient (Wildman–Crippen LogP) is 4.44. The van der Waals surface area contributed by atoms with Crippen molar-refractivity contribution in [3.8, 4) is 0 Å². The van der Waals surface area contributed by atoms with E-state index in [2.05, 4.69) is 38.3 Å². The molecule has 0 aromatic rings. The Balaban J connectivity index is -0.0000000793. The summed E-state index contributed by atoms with van der Waals surface area (Å²) >= 11 is 0. The van der Waals surface area contributed by atoms with E-state index in [1.807, 2.05) is 20.9 Å². The van der Waals surface area contributed by atoms with E-state index in [0.717, 1.165) is 26.0 Å². The van der Waals surface area contributed by atoms with Crippen LogP contribution in [0.15, 0.2) is 0 Å². The first kappa shape index (κ1) is 38.0. The zero-order valence-corrected chi connectivity index (χ0v) is 21.4. The van der Waals surface area contributed by atoms with E-state index in [-0.39, 0.29) is 5.91 Å². The number of rotatable bonds is 9. The number of carbonyl (C=O) groups is 1. The topological polar surface area (TPSA) is 84.5 Å². The number of hydrogen-bond donors (Lipinski definition) is 2. The maximum absolute atomic E-state index is 10.2. The van der Waals surface area contributed by atoms with Crippen molar-refractivity contribution in [2.45, 2.75) is 86.5 Å². The quantitative estimate of drug-likeness (QED) is 0.567. The highest BCUT2D eigenvalue weighted by Crippen LogP contribution is 1.88. The van der Waals surface area contributed by atoms with Gasteiger partial charge in [0.05, 0.1) is 0 Å². The third kappa shape index (κ3) is 84.4. The van der Waals surface area contributed by atoms with Crippen molar-refractivity contribution in [3.05, 3.63) is 0 Å². The van der Waals surface area contributed by atoms with Gasteiger partial charge in [-0.15, -0.1) is 0 Å². The summed E-state index contributed by atoms with van der Waals surface area (Å²) in [7, 11) is 2.63. The maximum atomic E-state index is 10.2. The molecule has 0 saturated heterocycles. The molecule has 0 aliphatic heterocycles. The van der Waals surface area contributed by atoms with Gasteiger partial charge < -0.3 is 15.4 Å². The zero-order valence-electron chi connectivity index (χ0n) is 20.6. The van der Waals surface area contributed by atoms with Crippen molar-refractivity contribution in [1.29, 1.82) is 0 Å². The van der Waals surface area contributed by atoms with Gasteiger partial charge in [0.1, 0.15) is 9.84 Å². The summed E-state index contributed by atoms with van der Waals surface area (Å²) in [5.41, 5.74) is 0. The number of sulfone groups is 1. The fourth-order valence-corrected chi connectivity index (χ4v) is 2.10. The molecule has 7 heteroatoms. The third-order valence-electron chi connectivity index (χ3n) is 2.79. The Labute approximate surface area is 177 Å². The zero-order chi connectivity index (χ0) is 23.3. The lowest BCUT2D eigenvalue weighted by Gasteiger charge is -1.87. The minimum Gasteiger partial charge on any atom is -0.385 e. The van der Waals surface area contributed by atoms with E-state index in [4.69, 9.17) is 4.74 Å². The number of hydrogen-bond acceptors (Lipinski definition) is 5. The summed E-state index contributed by atoms with van der Waals surface area (Å²) in [5, 5.41) is 5.49. The van der Waals surface area contributed by atoms with E-state index in [1.165, 1.54) is 31.9 Å². The number of ether oxygens (including phenoxy) is 1. The Kier molecular flexibility index (Phi) is 50.4. The lowest BCUT2D eigenvalue weighted by molar-refractivity contribution is -0.120. The summed E-state index contributed by atoms with van der Waals surface area (Å²) in [6.07, 6.45) is 8.98. The van der Waals surface area contributed by atoms with Gasteiger partial charge in [0.25, 0.3) is 0 Å². The number of methoxy groups -OCH3 is 1. The minimum absolute atomic E-state index is 0.0926. The molecule has 0 aromatic heterocycles. The van der Waals surface area contributed by atoms with Crippen LogP contribution in [0.5, 0.6) is 0 Å². The molecule has 0 spiro atoms. The van der Waals surface area contributed by atoms with Crippen molar-refractivity contribution < 1.29 is 17.9 Å². The van der Waals surface area contributed by atoms with Crippen LogP contribution >= 0.6 is 0 Å². The average Bonchev–Trinajstić information content (AvgIpc) is 2.64. The van der Waals surface area contributed by atoms with Gasteiger partial charge in [-0.2, -0.15) is 0 Å². The summed E-state index contributed by atoms with van der Waals surface area (Å²) in [6, 6.07) is 0. The van der Waals surface area contributed by atoms with Gasteiger partial charge >= 0.3 is 0 Å². The second-order valence-corrected chi connectivity index (χ2v) is 8.37. The van der Waals surface area contributed by atoms with Gasteiger partial charge in [-0.3, -0.25) is 4.79 Å². The molecule has 176 valence electrons. The van der Waals surface area contributed by atoms with Crippen LogP contribution in [0.3, 0.4) is 0 Å². The van der Waals surface area contributed by atoms with Crippen molar-refractivity contribution in [1.82, 2.24) is 10.6 Å². The molecular formula is C21H52N2O4S. The molecule has 0 bridgehead atoms. The number of unbranched alkanes of at least 4 members (excludes halogenated alkanes) is 2. The van der Waals surface area contributed by atoms with Crippen molar-refractivity contribution >= 4 is 15.7 Å². The van der Waals surface area contributed by atoms with E-state index >= 15 is 0 Å². The van der Waals surface area contributed by atoms with Crippen LogP contribution < -0.4 is 10.6 Å². The monoisotopic (exact) mass is 428 g/mol. The standard InChI is InChI=1S/C5H12.C4H9NO.C4H11N.C4H10O2S.C4H10O/c1-3-5-4-2;1-3-4(6)5-2;1-3-4-5-2;1-3-4-7(2,5)6;1-3-4-5-2/h3-5H2,1-2H3;3H2,1-2H3,(H,5,6);5H,3-4H2,1-2H3;3-4H2,1-2H3;3-4H2,1-2H3. The molecule has 0 rings (SSSR count). The first-order chi connectivity index (χ1) is 13.1. The summed E-state index contributed by atoms with van der Waals surface area (Å²) in [5.74, 6) is 0.405. The van der Waals surface area contributed by atoms with Gasteiger partial charge in [-0.1, -0.05) is 60.8 Å². The third-order valence-corrected chi connectivity index (χ3v) is 3.94. The molecule has 0 unspecified atom stereocenters. The fourth-order valence-electron chi connectivity index (χ4n) is 1.36. The van der Waals surface area contributed by atoms with Crippen molar-refractivity contribution in [2.75, 3.05) is 46.4 Å². The van der Waals surface area contributed by atoms with Crippen LogP contribution in [0, 0.1) is 0 Å². The molecule has 0 saturated carbocycles. The summed E-state index contributed by atoms with van der Waals surface area (Å²) in [4.78, 5) is 10.1. The molecule has 0 radical (unpaired) electrons. The second kappa shape index (κ2) is 37.1. The van der Waals surface area contributed by atoms with E-state index in [0.29, 0.717) is 12.2 Å². The second-order valence-electron chi connectivity index (χ2n) is 6.11. The smallest absolute Gasteiger partial charge is 0.219 e. The molecule has 6 nitrogen and oxygen atoms in total. The molecule has 0 fully saturated rings.